The summed E-state index contributed by atoms with van der Waals surface area (Å²) in [5.41, 5.74) is 1.43. The molecule has 0 saturated heterocycles. The first-order chi connectivity index (χ1) is 14.8. The number of fused-ring (bicyclic) bond motifs is 1. The van der Waals surface area contributed by atoms with Gasteiger partial charge in [0.05, 0.1) is 30.5 Å². The van der Waals surface area contributed by atoms with Gasteiger partial charge in [0, 0.05) is 26.3 Å². The van der Waals surface area contributed by atoms with E-state index in [0.29, 0.717) is 23.8 Å². The zero-order valence-corrected chi connectivity index (χ0v) is 17.7. The quantitative estimate of drug-likeness (QED) is 0.621. The number of amides is 3. The Kier molecular flexibility index (Phi) is 6.69. The van der Waals surface area contributed by atoms with Crippen molar-refractivity contribution in [3.63, 3.8) is 0 Å². The fourth-order valence-electron chi connectivity index (χ4n) is 3.48. The third kappa shape index (κ3) is 4.74. The summed E-state index contributed by atoms with van der Waals surface area (Å²) >= 11 is 0. The Labute approximate surface area is 180 Å². The summed E-state index contributed by atoms with van der Waals surface area (Å²) in [6, 6.07) is 9.98. The third-order valence-corrected chi connectivity index (χ3v) is 4.85. The van der Waals surface area contributed by atoms with E-state index in [1.165, 1.54) is 13.0 Å². The van der Waals surface area contributed by atoms with Crippen LogP contribution in [0, 0.1) is 0 Å². The molecule has 3 rings (SSSR count). The van der Waals surface area contributed by atoms with Gasteiger partial charge in [0.2, 0.25) is 5.91 Å². The van der Waals surface area contributed by atoms with E-state index in [-0.39, 0.29) is 42.2 Å². The monoisotopic (exact) mass is 424 g/mol. The maximum Gasteiger partial charge on any atom is 0.263 e. The van der Waals surface area contributed by atoms with E-state index in [0.717, 1.165) is 10.5 Å². The van der Waals surface area contributed by atoms with Crippen LogP contribution in [0.25, 0.3) is 0 Å². The number of nitrogens with zero attached hydrogens (tertiary/aromatic N) is 1. The molecule has 0 saturated carbocycles. The maximum atomic E-state index is 12.8. The molecule has 31 heavy (non-hydrogen) atoms. The topological polar surface area (TPSA) is 102 Å². The van der Waals surface area contributed by atoms with Crippen LogP contribution in [0.1, 0.15) is 46.5 Å². The lowest BCUT2D eigenvalue weighted by Gasteiger charge is -2.14. The molecule has 2 aromatic carbocycles. The lowest BCUT2D eigenvalue weighted by molar-refractivity contribution is -0.118. The first-order valence-corrected chi connectivity index (χ1v) is 9.93. The van der Waals surface area contributed by atoms with E-state index in [1.807, 2.05) is 6.92 Å². The number of benzene rings is 2. The molecule has 0 fully saturated rings. The van der Waals surface area contributed by atoms with Gasteiger partial charge in [-0.05, 0) is 36.8 Å². The van der Waals surface area contributed by atoms with Crippen molar-refractivity contribution in [2.45, 2.75) is 26.7 Å². The number of hydrogen-bond donors (Lipinski definition) is 1. The number of hydrogen-bond acceptors (Lipinski definition) is 6. The van der Waals surface area contributed by atoms with Crippen molar-refractivity contribution < 1.29 is 28.7 Å². The lowest BCUT2D eigenvalue weighted by Crippen LogP contribution is -2.32. The molecule has 0 spiro atoms. The summed E-state index contributed by atoms with van der Waals surface area (Å²) in [7, 11) is 1.54. The van der Waals surface area contributed by atoms with Crippen LogP contribution < -0.4 is 14.8 Å². The van der Waals surface area contributed by atoms with Crippen molar-refractivity contribution in [1.82, 2.24) is 4.90 Å². The highest BCUT2D eigenvalue weighted by molar-refractivity contribution is 6.24. The van der Waals surface area contributed by atoms with Crippen LogP contribution in [0.2, 0.25) is 0 Å². The van der Waals surface area contributed by atoms with Crippen molar-refractivity contribution >= 4 is 29.2 Å². The second kappa shape index (κ2) is 9.42. The van der Waals surface area contributed by atoms with E-state index in [2.05, 4.69) is 5.32 Å². The van der Waals surface area contributed by atoms with Crippen LogP contribution in [0.15, 0.2) is 36.4 Å². The number of imide groups is 1. The van der Waals surface area contributed by atoms with Gasteiger partial charge in [-0.25, -0.2) is 0 Å². The average molecular weight is 424 g/mol. The zero-order chi connectivity index (χ0) is 22.5. The van der Waals surface area contributed by atoms with Crippen molar-refractivity contribution in [2.75, 3.05) is 25.6 Å². The molecule has 1 N–H and O–H groups in total. The molecule has 2 aromatic rings. The van der Waals surface area contributed by atoms with E-state index < -0.39 is 11.8 Å². The number of nitrogens with one attached hydrogen (secondary N) is 1. The first-order valence-electron chi connectivity index (χ1n) is 9.93. The molecule has 0 aromatic heterocycles. The number of Topliss-reactive ketones (excluding diaryl/α,β-unsaturated/α-hetero) is 1. The number of carbonyl (C=O) groups is 4. The van der Waals surface area contributed by atoms with Gasteiger partial charge >= 0.3 is 0 Å². The van der Waals surface area contributed by atoms with Gasteiger partial charge in [-0.3, -0.25) is 24.1 Å². The van der Waals surface area contributed by atoms with E-state index in [9.17, 15) is 19.2 Å². The van der Waals surface area contributed by atoms with Crippen LogP contribution in [0.5, 0.6) is 11.5 Å². The third-order valence-electron chi connectivity index (χ3n) is 4.85. The fraction of sp³-hybridized carbons (Fsp3) is 0.304. The number of ketones is 1. The van der Waals surface area contributed by atoms with Gasteiger partial charge in [-0.1, -0.05) is 12.1 Å². The SMILES string of the molecule is CCOc1cc(CC(=O)CCN2C(=O)c3cccc(NC(C)=O)c3C2=O)ccc1OC. The molecule has 0 bridgehead atoms. The van der Waals surface area contributed by atoms with Crippen molar-refractivity contribution in [3.05, 3.63) is 53.1 Å². The molecule has 8 nitrogen and oxygen atoms in total. The predicted molar refractivity (Wildman–Crippen MR) is 114 cm³/mol. The van der Waals surface area contributed by atoms with E-state index >= 15 is 0 Å². The van der Waals surface area contributed by atoms with Crippen LogP contribution in [-0.4, -0.2) is 48.7 Å². The summed E-state index contributed by atoms with van der Waals surface area (Å²) in [4.78, 5) is 50.4. The summed E-state index contributed by atoms with van der Waals surface area (Å²) < 4.78 is 10.8. The highest BCUT2D eigenvalue weighted by atomic mass is 16.5. The van der Waals surface area contributed by atoms with Gasteiger partial charge in [-0.2, -0.15) is 0 Å². The molecule has 162 valence electrons. The number of ether oxygens (including phenoxy) is 2. The van der Waals surface area contributed by atoms with Crippen LogP contribution in [0.3, 0.4) is 0 Å². The molecule has 0 atom stereocenters. The minimum atomic E-state index is -0.514. The average Bonchev–Trinajstić information content (AvgIpc) is 2.97. The Hall–Kier alpha value is -3.68. The Morgan fingerprint density at radius 1 is 1.06 bits per heavy atom. The highest BCUT2D eigenvalue weighted by Gasteiger charge is 2.37. The normalized spacial score (nSPS) is 12.5. The smallest absolute Gasteiger partial charge is 0.263 e. The van der Waals surface area contributed by atoms with Gasteiger partial charge < -0.3 is 14.8 Å². The molecular weight excluding hydrogens is 400 g/mol. The fourth-order valence-corrected chi connectivity index (χ4v) is 3.48. The van der Waals surface area contributed by atoms with Crippen LogP contribution in [0.4, 0.5) is 5.69 Å². The maximum absolute atomic E-state index is 12.8. The zero-order valence-electron chi connectivity index (χ0n) is 17.7. The number of rotatable bonds is 9. The number of carbonyl (C=O) groups excluding carboxylic acids is 4. The molecule has 1 heterocycles. The Bertz CT molecular complexity index is 1050. The summed E-state index contributed by atoms with van der Waals surface area (Å²) in [6.07, 6.45) is 0.168. The largest absolute Gasteiger partial charge is 0.493 e. The van der Waals surface area contributed by atoms with Crippen molar-refractivity contribution in [1.29, 1.82) is 0 Å². The van der Waals surface area contributed by atoms with Gasteiger partial charge in [0.25, 0.3) is 11.8 Å². The van der Waals surface area contributed by atoms with Crippen molar-refractivity contribution in [2.24, 2.45) is 0 Å². The second-order valence-electron chi connectivity index (χ2n) is 7.05. The first kappa shape index (κ1) is 22.0. The van der Waals surface area contributed by atoms with Gasteiger partial charge in [-0.15, -0.1) is 0 Å². The lowest BCUT2D eigenvalue weighted by atomic mass is 10.1. The standard InChI is InChI=1S/C23H24N2O6/c1-4-31-20-13-15(8-9-19(20)30-3)12-16(27)10-11-25-22(28)17-6-5-7-18(24-14(2)26)21(17)23(25)29/h5-9,13H,4,10-12H2,1-3H3,(H,24,26). The number of anilines is 1. The van der Waals surface area contributed by atoms with Crippen LogP contribution >= 0.6 is 0 Å². The molecule has 8 heteroatoms. The molecule has 0 radical (unpaired) electrons. The van der Waals surface area contributed by atoms with Gasteiger partial charge in [0.1, 0.15) is 5.78 Å². The summed E-state index contributed by atoms with van der Waals surface area (Å²) in [6.45, 7) is 3.62. The minimum absolute atomic E-state index is 0.0247. The van der Waals surface area contributed by atoms with E-state index in [4.69, 9.17) is 9.47 Å². The van der Waals surface area contributed by atoms with Crippen LogP contribution in [-0.2, 0) is 16.0 Å². The predicted octanol–water partition coefficient (Wildman–Crippen LogP) is 2.85. The minimum Gasteiger partial charge on any atom is -0.493 e. The molecular formula is C23H24N2O6. The Balaban J connectivity index is 1.67. The molecule has 0 aliphatic carbocycles. The Morgan fingerprint density at radius 2 is 1.84 bits per heavy atom. The Morgan fingerprint density at radius 3 is 2.52 bits per heavy atom. The summed E-state index contributed by atoms with van der Waals surface area (Å²) in [5, 5.41) is 2.57. The molecule has 3 amide bonds. The summed E-state index contributed by atoms with van der Waals surface area (Å²) in [5.74, 6) is -0.303. The molecule has 1 aliphatic heterocycles. The molecule has 1 aliphatic rings. The second-order valence-corrected chi connectivity index (χ2v) is 7.05. The van der Waals surface area contributed by atoms with E-state index in [1.54, 1.807) is 37.4 Å². The van der Waals surface area contributed by atoms with Gasteiger partial charge in [0.15, 0.2) is 11.5 Å². The highest BCUT2D eigenvalue weighted by Crippen LogP contribution is 2.30. The molecule has 0 unspecified atom stereocenters. The number of methoxy groups -OCH3 is 1. The van der Waals surface area contributed by atoms with Crippen molar-refractivity contribution in [3.8, 4) is 11.5 Å².